The van der Waals surface area contributed by atoms with Crippen molar-refractivity contribution in [1.82, 2.24) is 9.88 Å². The maximum Gasteiger partial charge on any atom is 0.355 e. The van der Waals surface area contributed by atoms with E-state index in [0.717, 1.165) is 6.42 Å². The van der Waals surface area contributed by atoms with Gasteiger partial charge in [-0.2, -0.15) is 0 Å². The monoisotopic (exact) mass is 253 g/mol. The van der Waals surface area contributed by atoms with E-state index in [1.807, 2.05) is 6.92 Å². The number of nitrogens with one attached hydrogen (secondary N) is 1. The Kier molecular flexibility index (Phi) is 4.76. The lowest BCUT2D eigenvalue weighted by molar-refractivity contribution is -0.128. The Morgan fingerprint density at radius 3 is 2.78 bits per heavy atom. The van der Waals surface area contributed by atoms with Gasteiger partial charge in [-0.05, 0) is 19.4 Å². The summed E-state index contributed by atoms with van der Waals surface area (Å²) in [6.45, 7) is 4.20. The van der Waals surface area contributed by atoms with Crippen LogP contribution < -0.4 is 11.1 Å². The first-order chi connectivity index (χ1) is 8.49. The fraction of sp³-hybridized carbons (Fsp3) is 0.500. The first kappa shape index (κ1) is 14.1. The van der Waals surface area contributed by atoms with Gasteiger partial charge in [-0.25, -0.2) is 4.79 Å². The van der Waals surface area contributed by atoms with Gasteiger partial charge in [0.1, 0.15) is 5.69 Å². The van der Waals surface area contributed by atoms with Crippen molar-refractivity contribution in [3.8, 4) is 0 Å². The molecule has 3 N–H and O–H groups in total. The first-order valence-electron chi connectivity index (χ1n) is 5.87. The summed E-state index contributed by atoms with van der Waals surface area (Å²) >= 11 is 0. The summed E-state index contributed by atoms with van der Waals surface area (Å²) in [6, 6.07) is 1.55. The molecule has 6 heteroatoms. The number of carbonyl (C=O) groups is 2. The van der Waals surface area contributed by atoms with Crippen molar-refractivity contribution in [1.29, 1.82) is 0 Å². The average Bonchev–Trinajstić information content (AvgIpc) is 2.69. The van der Waals surface area contributed by atoms with Crippen LogP contribution in [0.4, 0.5) is 5.69 Å². The van der Waals surface area contributed by atoms with Gasteiger partial charge in [-0.15, -0.1) is 0 Å². The second-order valence-corrected chi connectivity index (χ2v) is 4.01. The van der Waals surface area contributed by atoms with Crippen molar-refractivity contribution in [3.63, 3.8) is 0 Å². The van der Waals surface area contributed by atoms with Crippen molar-refractivity contribution in [2.45, 2.75) is 32.9 Å². The van der Waals surface area contributed by atoms with Crippen LogP contribution in [0.15, 0.2) is 12.3 Å². The topological polar surface area (TPSA) is 86.3 Å². The molecule has 100 valence electrons. The lowest BCUT2D eigenvalue weighted by atomic mass is 10.3. The van der Waals surface area contributed by atoms with Crippen LogP contribution in [0.3, 0.4) is 0 Å². The van der Waals surface area contributed by atoms with Crippen LogP contribution in [-0.2, 0) is 16.1 Å². The Labute approximate surface area is 106 Å². The summed E-state index contributed by atoms with van der Waals surface area (Å²) in [5.41, 5.74) is 6.52. The summed E-state index contributed by atoms with van der Waals surface area (Å²) in [5, 5.41) is 2.42. The number of aromatic nitrogens is 1. The third kappa shape index (κ3) is 3.26. The predicted octanol–water partition coefficient (Wildman–Crippen LogP) is 0.772. The Balaban J connectivity index is 2.80. The van der Waals surface area contributed by atoms with E-state index >= 15 is 0 Å². The molecule has 1 amide bonds. The van der Waals surface area contributed by atoms with E-state index in [2.05, 4.69) is 5.32 Å². The number of rotatable bonds is 5. The van der Waals surface area contributed by atoms with Gasteiger partial charge < -0.3 is 20.4 Å². The molecule has 0 aliphatic heterocycles. The number of likely N-dealkylation sites (N-methyl/N-ethyl adjacent to an activating group) is 1. The van der Waals surface area contributed by atoms with Gasteiger partial charge in [0, 0.05) is 19.8 Å². The molecule has 0 aliphatic rings. The second kappa shape index (κ2) is 6.09. The fourth-order valence-corrected chi connectivity index (χ4v) is 1.61. The summed E-state index contributed by atoms with van der Waals surface area (Å²) in [4.78, 5) is 23.2. The molecule has 1 heterocycles. The highest BCUT2D eigenvalue weighted by molar-refractivity contribution is 5.91. The SMILES string of the molecule is CCCn1cc(N)cc1C(=O)OC(C)C(=O)NC. The highest BCUT2D eigenvalue weighted by Crippen LogP contribution is 2.13. The quantitative estimate of drug-likeness (QED) is 0.759. The number of ether oxygens (including phenoxy) is 1. The van der Waals surface area contributed by atoms with Gasteiger partial charge in [0.05, 0.1) is 5.69 Å². The third-order valence-electron chi connectivity index (χ3n) is 2.49. The summed E-state index contributed by atoms with van der Waals surface area (Å²) < 4.78 is 6.79. The molecule has 0 saturated carbocycles. The maximum absolute atomic E-state index is 11.9. The molecule has 6 nitrogen and oxygen atoms in total. The second-order valence-electron chi connectivity index (χ2n) is 4.01. The van der Waals surface area contributed by atoms with Crippen LogP contribution in [0, 0.1) is 0 Å². The molecule has 0 saturated heterocycles. The first-order valence-corrected chi connectivity index (χ1v) is 5.87. The Hall–Kier alpha value is -1.98. The van der Waals surface area contributed by atoms with Gasteiger partial charge in [-0.3, -0.25) is 4.79 Å². The highest BCUT2D eigenvalue weighted by atomic mass is 16.5. The van der Waals surface area contributed by atoms with Crippen LogP contribution in [0.1, 0.15) is 30.8 Å². The van der Waals surface area contributed by atoms with Crippen molar-refractivity contribution in [2.75, 3.05) is 12.8 Å². The molecule has 0 bridgehead atoms. The van der Waals surface area contributed by atoms with E-state index in [1.54, 1.807) is 16.8 Å². The van der Waals surface area contributed by atoms with Gasteiger partial charge in [-0.1, -0.05) is 6.92 Å². The van der Waals surface area contributed by atoms with Crippen molar-refractivity contribution < 1.29 is 14.3 Å². The van der Waals surface area contributed by atoms with E-state index in [9.17, 15) is 9.59 Å². The molecule has 0 fully saturated rings. The maximum atomic E-state index is 11.9. The lowest BCUT2D eigenvalue weighted by Gasteiger charge is -2.12. The number of amides is 1. The summed E-state index contributed by atoms with van der Waals surface area (Å²) in [5.74, 6) is -0.888. The minimum atomic E-state index is -0.825. The molecule has 18 heavy (non-hydrogen) atoms. The smallest absolute Gasteiger partial charge is 0.355 e. The van der Waals surface area contributed by atoms with Crippen molar-refractivity contribution in [3.05, 3.63) is 18.0 Å². The zero-order chi connectivity index (χ0) is 13.7. The molecule has 0 aromatic carbocycles. The Morgan fingerprint density at radius 1 is 1.56 bits per heavy atom. The molecule has 1 atom stereocenters. The number of aryl methyl sites for hydroxylation is 1. The number of esters is 1. The molecule has 0 radical (unpaired) electrons. The lowest BCUT2D eigenvalue weighted by Crippen LogP contribution is -2.33. The van der Waals surface area contributed by atoms with Crippen LogP contribution in [0.2, 0.25) is 0 Å². The number of hydrogen-bond acceptors (Lipinski definition) is 4. The number of nitrogen functional groups attached to an aromatic ring is 1. The van der Waals surface area contributed by atoms with Gasteiger partial charge >= 0.3 is 5.97 Å². The van der Waals surface area contributed by atoms with Crippen LogP contribution >= 0.6 is 0 Å². The zero-order valence-corrected chi connectivity index (χ0v) is 10.9. The van der Waals surface area contributed by atoms with E-state index in [4.69, 9.17) is 10.5 Å². The standard InChI is InChI=1S/C12H19N3O3/c1-4-5-15-7-9(13)6-10(15)12(17)18-8(2)11(16)14-3/h6-8H,4-5,13H2,1-3H3,(H,14,16). The zero-order valence-electron chi connectivity index (χ0n) is 10.9. The molecule has 1 unspecified atom stereocenters. The predicted molar refractivity (Wildman–Crippen MR) is 68.1 cm³/mol. The molecule has 1 aromatic heterocycles. The normalized spacial score (nSPS) is 11.9. The molecule has 0 spiro atoms. The molecule has 1 aromatic rings. The van der Waals surface area contributed by atoms with Crippen LogP contribution in [0.5, 0.6) is 0 Å². The number of carbonyl (C=O) groups excluding carboxylic acids is 2. The Bertz CT molecular complexity index is 440. The van der Waals surface area contributed by atoms with Crippen LogP contribution in [0.25, 0.3) is 0 Å². The van der Waals surface area contributed by atoms with E-state index in [1.165, 1.54) is 14.0 Å². The fourth-order valence-electron chi connectivity index (χ4n) is 1.61. The minimum Gasteiger partial charge on any atom is -0.448 e. The number of nitrogens with zero attached hydrogens (tertiary/aromatic N) is 1. The van der Waals surface area contributed by atoms with E-state index in [0.29, 0.717) is 17.9 Å². The molecule has 0 aliphatic carbocycles. The van der Waals surface area contributed by atoms with Gasteiger partial charge in [0.25, 0.3) is 5.91 Å². The highest BCUT2D eigenvalue weighted by Gasteiger charge is 2.20. The summed E-state index contributed by atoms with van der Waals surface area (Å²) in [6.07, 6.45) is 1.73. The van der Waals surface area contributed by atoms with E-state index < -0.39 is 12.1 Å². The number of nitrogens with two attached hydrogens (primary N) is 1. The number of hydrogen-bond donors (Lipinski definition) is 2. The molecular formula is C12H19N3O3. The van der Waals surface area contributed by atoms with Gasteiger partial charge in [0.2, 0.25) is 0 Å². The molecule has 1 rings (SSSR count). The largest absolute Gasteiger partial charge is 0.448 e. The van der Waals surface area contributed by atoms with E-state index in [-0.39, 0.29) is 5.91 Å². The van der Waals surface area contributed by atoms with Crippen molar-refractivity contribution in [2.24, 2.45) is 0 Å². The Morgan fingerprint density at radius 2 is 2.22 bits per heavy atom. The minimum absolute atomic E-state index is 0.343. The number of anilines is 1. The molecular weight excluding hydrogens is 234 g/mol. The van der Waals surface area contributed by atoms with Crippen LogP contribution in [-0.4, -0.2) is 29.6 Å². The third-order valence-corrected chi connectivity index (χ3v) is 2.49. The average molecular weight is 253 g/mol. The summed E-state index contributed by atoms with van der Waals surface area (Å²) in [7, 11) is 1.49. The van der Waals surface area contributed by atoms with Crippen molar-refractivity contribution >= 4 is 17.6 Å². The van der Waals surface area contributed by atoms with Gasteiger partial charge in [0.15, 0.2) is 6.10 Å².